The first-order valence-electron chi connectivity index (χ1n) is 2.53. The monoisotopic (exact) mass is 184 g/mol. The van der Waals surface area contributed by atoms with E-state index in [2.05, 4.69) is 0 Å². The molecule has 0 N–H and O–H groups in total. The Kier molecular flexibility index (Phi) is 5.84. The van der Waals surface area contributed by atoms with Crippen LogP contribution in [0.2, 0.25) is 0 Å². The summed E-state index contributed by atoms with van der Waals surface area (Å²) in [7, 11) is 3.31. The van der Waals surface area contributed by atoms with E-state index in [4.69, 9.17) is 11.6 Å². The van der Waals surface area contributed by atoms with E-state index in [1.165, 1.54) is 0 Å². The standard InChI is InChI=1S/C5H9ClOS2/c1-4(5(6)7)3-9-8-2/h4H,3H2,1-2H3. The molecule has 0 radical (unpaired) electrons. The number of rotatable bonds is 4. The van der Waals surface area contributed by atoms with Crippen molar-refractivity contribution < 1.29 is 4.79 Å². The fourth-order valence-electron chi connectivity index (χ4n) is 0.236. The number of hydrogen-bond donors (Lipinski definition) is 0. The van der Waals surface area contributed by atoms with Gasteiger partial charge in [0.2, 0.25) is 5.24 Å². The van der Waals surface area contributed by atoms with E-state index in [1.54, 1.807) is 21.6 Å². The number of carbonyl (C=O) groups excluding carboxylic acids is 1. The van der Waals surface area contributed by atoms with Crippen LogP contribution in [0.5, 0.6) is 0 Å². The first-order valence-corrected chi connectivity index (χ1v) is 5.64. The Morgan fingerprint density at radius 2 is 2.33 bits per heavy atom. The third-order valence-corrected chi connectivity index (χ3v) is 3.18. The summed E-state index contributed by atoms with van der Waals surface area (Å²) in [5.74, 6) is 0.799. The maximum atomic E-state index is 10.4. The van der Waals surface area contributed by atoms with Crippen molar-refractivity contribution in [1.29, 1.82) is 0 Å². The van der Waals surface area contributed by atoms with Crippen LogP contribution >= 0.6 is 33.2 Å². The van der Waals surface area contributed by atoms with Crippen LogP contribution in [-0.2, 0) is 4.79 Å². The lowest BCUT2D eigenvalue weighted by molar-refractivity contribution is -0.114. The SMILES string of the molecule is CSSCC(C)C(=O)Cl. The van der Waals surface area contributed by atoms with Crippen molar-refractivity contribution in [2.24, 2.45) is 5.92 Å². The van der Waals surface area contributed by atoms with Gasteiger partial charge in [-0.25, -0.2) is 0 Å². The molecule has 0 bridgehead atoms. The highest BCUT2D eigenvalue weighted by Gasteiger charge is 2.08. The Morgan fingerprint density at radius 1 is 1.78 bits per heavy atom. The average Bonchev–Trinajstić information content (AvgIpc) is 1.82. The molecule has 9 heavy (non-hydrogen) atoms. The van der Waals surface area contributed by atoms with Gasteiger partial charge in [0, 0.05) is 11.7 Å². The lowest BCUT2D eigenvalue weighted by atomic mass is 10.3. The average molecular weight is 185 g/mol. The summed E-state index contributed by atoms with van der Waals surface area (Å²) in [5.41, 5.74) is 0. The van der Waals surface area contributed by atoms with Gasteiger partial charge in [-0.3, -0.25) is 4.79 Å². The van der Waals surface area contributed by atoms with Gasteiger partial charge < -0.3 is 0 Å². The van der Waals surface area contributed by atoms with Crippen molar-refractivity contribution in [1.82, 2.24) is 0 Å². The van der Waals surface area contributed by atoms with E-state index in [-0.39, 0.29) is 11.2 Å². The van der Waals surface area contributed by atoms with E-state index < -0.39 is 0 Å². The Balaban J connectivity index is 3.27. The van der Waals surface area contributed by atoms with E-state index in [0.29, 0.717) is 0 Å². The molecule has 0 aliphatic carbocycles. The Morgan fingerprint density at radius 3 is 2.67 bits per heavy atom. The van der Waals surface area contributed by atoms with Gasteiger partial charge in [-0.05, 0) is 17.9 Å². The maximum absolute atomic E-state index is 10.4. The van der Waals surface area contributed by atoms with Crippen LogP contribution in [0, 0.1) is 5.92 Å². The molecule has 0 fully saturated rings. The second-order valence-corrected chi connectivity index (χ2v) is 4.64. The highest BCUT2D eigenvalue weighted by Crippen LogP contribution is 2.20. The van der Waals surface area contributed by atoms with Crippen LogP contribution in [-0.4, -0.2) is 17.3 Å². The lowest BCUT2D eigenvalue weighted by Gasteiger charge is -2.01. The predicted octanol–water partition coefficient (Wildman–Crippen LogP) is 2.40. The van der Waals surface area contributed by atoms with Crippen LogP contribution < -0.4 is 0 Å². The minimum Gasteiger partial charge on any atom is -0.281 e. The molecule has 0 spiro atoms. The molecule has 0 saturated carbocycles. The van der Waals surface area contributed by atoms with Gasteiger partial charge in [-0.15, -0.1) is 0 Å². The number of carbonyl (C=O) groups is 1. The summed E-state index contributed by atoms with van der Waals surface area (Å²) in [6.07, 6.45) is 1.98. The first-order chi connectivity index (χ1) is 4.18. The predicted molar refractivity (Wildman–Crippen MR) is 46.0 cm³/mol. The third kappa shape index (κ3) is 5.12. The molecule has 1 nitrogen and oxygen atoms in total. The second-order valence-electron chi connectivity index (χ2n) is 1.66. The molecule has 0 saturated heterocycles. The molecule has 0 aliphatic heterocycles. The Labute approximate surface area is 68.3 Å². The molecule has 4 heteroatoms. The summed E-state index contributed by atoms with van der Waals surface area (Å²) in [4.78, 5) is 10.4. The van der Waals surface area contributed by atoms with Gasteiger partial charge in [0.15, 0.2) is 0 Å². The molecule has 0 aromatic rings. The van der Waals surface area contributed by atoms with Crippen molar-refractivity contribution in [2.75, 3.05) is 12.0 Å². The van der Waals surface area contributed by atoms with E-state index >= 15 is 0 Å². The molecular formula is C5H9ClOS2. The third-order valence-electron chi connectivity index (χ3n) is 0.823. The lowest BCUT2D eigenvalue weighted by Crippen LogP contribution is -2.05. The van der Waals surface area contributed by atoms with Gasteiger partial charge >= 0.3 is 0 Å². The minimum absolute atomic E-state index is 0.0101. The quantitative estimate of drug-likeness (QED) is 0.494. The number of hydrogen-bond acceptors (Lipinski definition) is 3. The summed E-state index contributed by atoms with van der Waals surface area (Å²) in [6, 6.07) is 0. The normalized spacial score (nSPS) is 13.2. The smallest absolute Gasteiger partial charge is 0.225 e. The molecule has 0 aliphatic rings. The van der Waals surface area contributed by atoms with Crippen molar-refractivity contribution >= 4 is 38.4 Å². The van der Waals surface area contributed by atoms with Crippen LogP contribution in [0.3, 0.4) is 0 Å². The van der Waals surface area contributed by atoms with Gasteiger partial charge in [0.05, 0.1) is 0 Å². The van der Waals surface area contributed by atoms with Gasteiger partial charge in [0.1, 0.15) is 0 Å². The van der Waals surface area contributed by atoms with Crippen LogP contribution in [0.4, 0.5) is 0 Å². The second kappa shape index (κ2) is 5.45. The van der Waals surface area contributed by atoms with Gasteiger partial charge in [-0.2, -0.15) is 0 Å². The summed E-state index contributed by atoms with van der Waals surface area (Å²) >= 11 is 5.20. The first kappa shape index (κ1) is 9.66. The molecule has 0 aromatic carbocycles. The Bertz CT molecular complexity index is 97.0. The topological polar surface area (TPSA) is 17.1 Å². The fourth-order valence-corrected chi connectivity index (χ4v) is 1.92. The zero-order valence-electron chi connectivity index (χ0n) is 5.39. The van der Waals surface area contributed by atoms with E-state index in [0.717, 1.165) is 5.75 Å². The summed E-state index contributed by atoms with van der Waals surface area (Å²) in [5, 5.41) is -0.239. The number of halogens is 1. The maximum Gasteiger partial charge on any atom is 0.225 e. The molecule has 0 amide bonds. The molecule has 1 atom stereocenters. The highest BCUT2D eigenvalue weighted by molar-refractivity contribution is 8.76. The van der Waals surface area contributed by atoms with Crippen LogP contribution in [0.15, 0.2) is 0 Å². The molecule has 54 valence electrons. The van der Waals surface area contributed by atoms with Crippen LogP contribution in [0.25, 0.3) is 0 Å². The van der Waals surface area contributed by atoms with Crippen molar-refractivity contribution in [3.05, 3.63) is 0 Å². The van der Waals surface area contributed by atoms with Crippen molar-refractivity contribution in [3.8, 4) is 0 Å². The molecule has 1 unspecified atom stereocenters. The molecule has 0 heterocycles. The largest absolute Gasteiger partial charge is 0.281 e. The Hall–Kier alpha value is 0.660. The van der Waals surface area contributed by atoms with Gasteiger partial charge in [-0.1, -0.05) is 28.5 Å². The molecule has 0 rings (SSSR count). The summed E-state index contributed by atoms with van der Waals surface area (Å²) < 4.78 is 0. The zero-order valence-corrected chi connectivity index (χ0v) is 7.78. The minimum atomic E-state index is -0.239. The van der Waals surface area contributed by atoms with Crippen molar-refractivity contribution in [3.63, 3.8) is 0 Å². The highest BCUT2D eigenvalue weighted by atomic mass is 35.5. The fraction of sp³-hybridized carbons (Fsp3) is 0.800. The summed E-state index contributed by atoms with van der Waals surface area (Å²) in [6.45, 7) is 1.83. The van der Waals surface area contributed by atoms with Gasteiger partial charge in [0.25, 0.3) is 0 Å². The van der Waals surface area contributed by atoms with E-state index in [9.17, 15) is 4.79 Å². The van der Waals surface area contributed by atoms with Crippen LogP contribution in [0.1, 0.15) is 6.92 Å². The zero-order chi connectivity index (χ0) is 7.28. The van der Waals surface area contributed by atoms with Crippen molar-refractivity contribution in [2.45, 2.75) is 6.92 Å². The van der Waals surface area contributed by atoms with E-state index in [1.807, 2.05) is 13.2 Å². The molecule has 0 aromatic heterocycles. The molecular weight excluding hydrogens is 176 g/mol.